The van der Waals surface area contributed by atoms with Crippen molar-refractivity contribution in [3.8, 4) is 5.69 Å². The van der Waals surface area contributed by atoms with Gasteiger partial charge < -0.3 is 10.6 Å². The Morgan fingerprint density at radius 2 is 2.18 bits per heavy atom. The summed E-state index contributed by atoms with van der Waals surface area (Å²) in [5, 5.41) is 9.73. The van der Waals surface area contributed by atoms with Gasteiger partial charge >= 0.3 is 0 Å². The number of nitrogens with one attached hydrogen (secondary N) is 2. The maximum Gasteiger partial charge on any atom is 0.247 e. The number of hydrogen-bond donors (Lipinski definition) is 2. The van der Waals surface area contributed by atoms with Crippen molar-refractivity contribution in [3.05, 3.63) is 42.7 Å². The van der Waals surface area contributed by atoms with Gasteiger partial charge in [0.25, 0.3) is 0 Å². The molecule has 0 unspecified atom stereocenters. The molecule has 0 saturated carbocycles. The van der Waals surface area contributed by atoms with Crippen LogP contribution < -0.4 is 10.6 Å². The SMILES string of the molecule is O=C1CCSC[C@H](C(=O)Nc2ccc(-n3cccn3)cc2)N1. The molecule has 2 heterocycles. The van der Waals surface area contributed by atoms with Crippen molar-refractivity contribution >= 4 is 29.3 Å². The largest absolute Gasteiger partial charge is 0.343 e. The van der Waals surface area contributed by atoms with E-state index in [4.69, 9.17) is 0 Å². The fraction of sp³-hybridized carbons (Fsp3) is 0.267. The summed E-state index contributed by atoms with van der Waals surface area (Å²) < 4.78 is 1.74. The van der Waals surface area contributed by atoms with Crippen LogP contribution in [0.2, 0.25) is 0 Å². The lowest BCUT2D eigenvalue weighted by molar-refractivity contribution is -0.125. The first kappa shape index (κ1) is 14.6. The van der Waals surface area contributed by atoms with E-state index in [1.807, 2.05) is 36.5 Å². The minimum atomic E-state index is -0.481. The summed E-state index contributed by atoms with van der Waals surface area (Å²) in [7, 11) is 0. The Morgan fingerprint density at radius 3 is 2.91 bits per heavy atom. The molecule has 1 aromatic heterocycles. The molecule has 7 heteroatoms. The lowest BCUT2D eigenvalue weighted by atomic mass is 10.2. The molecule has 1 atom stereocenters. The second-order valence-electron chi connectivity index (χ2n) is 4.93. The fourth-order valence-electron chi connectivity index (χ4n) is 2.16. The molecular weight excluding hydrogens is 300 g/mol. The minimum absolute atomic E-state index is 0.0702. The van der Waals surface area contributed by atoms with Crippen LogP contribution in [0.15, 0.2) is 42.7 Å². The molecule has 3 rings (SSSR count). The number of amides is 2. The number of hydrogen-bond acceptors (Lipinski definition) is 4. The molecule has 0 bridgehead atoms. The van der Waals surface area contributed by atoms with Crippen LogP contribution in [-0.2, 0) is 9.59 Å². The van der Waals surface area contributed by atoms with E-state index in [1.165, 1.54) is 0 Å². The third-order valence-corrected chi connectivity index (χ3v) is 4.38. The van der Waals surface area contributed by atoms with Crippen LogP contribution >= 0.6 is 11.8 Å². The van der Waals surface area contributed by atoms with Gasteiger partial charge in [-0.25, -0.2) is 4.68 Å². The van der Waals surface area contributed by atoms with E-state index in [-0.39, 0.29) is 11.8 Å². The van der Waals surface area contributed by atoms with Gasteiger partial charge in [0.15, 0.2) is 0 Å². The predicted octanol–water partition coefficient (Wildman–Crippen LogP) is 1.43. The van der Waals surface area contributed by atoms with Gasteiger partial charge in [-0.15, -0.1) is 0 Å². The van der Waals surface area contributed by atoms with E-state index in [0.29, 0.717) is 17.9 Å². The number of thioether (sulfide) groups is 1. The van der Waals surface area contributed by atoms with Crippen molar-refractivity contribution in [1.29, 1.82) is 0 Å². The van der Waals surface area contributed by atoms with Gasteiger partial charge in [0.2, 0.25) is 11.8 Å². The van der Waals surface area contributed by atoms with E-state index in [2.05, 4.69) is 15.7 Å². The highest BCUT2D eigenvalue weighted by Crippen LogP contribution is 2.15. The van der Waals surface area contributed by atoms with E-state index < -0.39 is 6.04 Å². The number of nitrogens with zero attached hydrogens (tertiary/aromatic N) is 2. The summed E-state index contributed by atoms with van der Waals surface area (Å²) >= 11 is 1.61. The molecular formula is C15H16N4O2S. The van der Waals surface area contributed by atoms with Crippen molar-refractivity contribution in [1.82, 2.24) is 15.1 Å². The van der Waals surface area contributed by atoms with Crippen molar-refractivity contribution < 1.29 is 9.59 Å². The number of carbonyl (C=O) groups excluding carboxylic acids is 2. The Bertz CT molecular complexity index is 655. The number of benzene rings is 1. The Kier molecular flexibility index (Phi) is 4.43. The quantitative estimate of drug-likeness (QED) is 0.898. The van der Waals surface area contributed by atoms with Gasteiger partial charge in [-0.2, -0.15) is 16.9 Å². The first-order valence-corrected chi connectivity index (χ1v) is 8.16. The van der Waals surface area contributed by atoms with E-state index in [9.17, 15) is 9.59 Å². The van der Waals surface area contributed by atoms with Crippen LogP contribution in [-0.4, -0.2) is 39.1 Å². The van der Waals surface area contributed by atoms with E-state index in [0.717, 1.165) is 11.4 Å². The average Bonchev–Trinajstić information content (AvgIpc) is 2.97. The first-order chi connectivity index (χ1) is 10.7. The van der Waals surface area contributed by atoms with Crippen LogP contribution in [0.1, 0.15) is 6.42 Å². The molecule has 1 saturated heterocycles. The lowest BCUT2D eigenvalue weighted by Crippen LogP contribution is -2.44. The fourth-order valence-corrected chi connectivity index (χ4v) is 3.13. The molecule has 1 aromatic carbocycles. The molecule has 2 N–H and O–H groups in total. The second-order valence-corrected chi connectivity index (χ2v) is 6.08. The Labute approximate surface area is 132 Å². The zero-order valence-corrected chi connectivity index (χ0v) is 12.7. The predicted molar refractivity (Wildman–Crippen MR) is 86.1 cm³/mol. The molecule has 6 nitrogen and oxygen atoms in total. The first-order valence-electron chi connectivity index (χ1n) is 7.00. The summed E-state index contributed by atoms with van der Waals surface area (Å²) in [6.45, 7) is 0. The summed E-state index contributed by atoms with van der Waals surface area (Å²) in [6, 6.07) is 8.76. The van der Waals surface area contributed by atoms with Crippen molar-refractivity contribution in [2.45, 2.75) is 12.5 Å². The maximum absolute atomic E-state index is 12.2. The topological polar surface area (TPSA) is 76.0 Å². The standard InChI is InChI=1S/C15H16N4O2S/c20-14-6-9-22-10-13(18-14)15(21)17-11-2-4-12(5-3-11)19-8-1-7-16-19/h1-5,7-8,13H,6,9-10H2,(H,17,21)(H,18,20)/t13-/m1/s1. The molecule has 114 valence electrons. The highest BCUT2D eigenvalue weighted by atomic mass is 32.2. The normalized spacial score (nSPS) is 18.4. The number of anilines is 1. The van der Waals surface area contributed by atoms with Gasteiger partial charge in [0, 0.05) is 36.0 Å². The van der Waals surface area contributed by atoms with Crippen LogP contribution in [0, 0.1) is 0 Å². The molecule has 2 aromatic rings. The summed E-state index contributed by atoms with van der Waals surface area (Å²) in [5.41, 5.74) is 1.62. The minimum Gasteiger partial charge on any atom is -0.343 e. The Morgan fingerprint density at radius 1 is 1.36 bits per heavy atom. The van der Waals surface area contributed by atoms with Crippen molar-refractivity contribution in [2.75, 3.05) is 16.8 Å². The summed E-state index contributed by atoms with van der Waals surface area (Å²) in [4.78, 5) is 23.7. The zero-order chi connectivity index (χ0) is 15.4. The summed E-state index contributed by atoms with van der Waals surface area (Å²) in [5.74, 6) is 1.10. The summed E-state index contributed by atoms with van der Waals surface area (Å²) in [6.07, 6.45) is 4.03. The molecule has 1 fully saturated rings. The monoisotopic (exact) mass is 316 g/mol. The van der Waals surface area contributed by atoms with Crippen LogP contribution in [0.5, 0.6) is 0 Å². The molecule has 0 radical (unpaired) electrons. The third kappa shape index (κ3) is 3.48. The third-order valence-electron chi connectivity index (χ3n) is 3.31. The highest BCUT2D eigenvalue weighted by Gasteiger charge is 2.23. The van der Waals surface area contributed by atoms with Crippen LogP contribution in [0.25, 0.3) is 5.69 Å². The second kappa shape index (κ2) is 6.65. The van der Waals surface area contributed by atoms with Crippen LogP contribution in [0.4, 0.5) is 5.69 Å². The molecule has 22 heavy (non-hydrogen) atoms. The highest BCUT2D eigenvalue weighted by molar-refractivity contribution is 7.99. The van der Waals surface area contributed by atoms with Gasteiger partial charge in [-0.1, -0.05) is 0 Å². The van der Waals surface area contributed by atoms with Crippen molar-refractivity contribution in [2.24, 2.45) is 0 Å². The van der Waals surface area contributed by atoms with Crippen molar-refractivity contribution in [3.63, 3.8) is 0 Å². The number of rotatable bonds is 3. The maximum atomic E-state index is 12.2. The Balaban J connectivity index is 1.65. The average molecular weight is 316 g/mol. The zero-order valence-electron chi connectivity index (χ0n) is 11.9. The molecule has 2 amide bonds. The molecule has 0 spiro atoms. The molecule has 1 aliphatic rings. The van der Waals surface area contributed by atoms with E-state index >= 15 is 0 Å². The molecule has 1 aliphatic heterocycles. The smallest absolute Gasteiger partial charge is 0.247 e. The van der Waals surface area contributed by atoms with Gasteiger partial charge in [0.05, 0.1) is 5.69 Å². The number of carbonyl (C=O) groups is 2. The lowest BCUT2D eigenvalue weighted by Gasteiger charge is -2.15. The van der Waals surface area contributed by atoms with Gasteiger partial charge in [-0.3, -0.25) is 9.59 Å². The van der Waals surface area contributed by atoms with Crippen LogP contribution in [0.3, 0.4) is 0 Å². The van der Waals surface area contributed by atoms with Gasteiger partial charge in [-0.05, 0) is 30.3 Å². The van der Waals surface area contributed by atoms with E-state index in [1.54, 1.807) is 22.6 Å². The number of aromatic nitrogens is 2. The molecule has 0 aliphatic carbocycles. The van der Waals surface area contributed by atoms with Gasteiger partial charge in [0.1, 0.15) is 6.04 Å². The Hall–Kier alpha value is -2.28.